The molecule has 2 N–H and O–H groups in total. The predicted molar refractivity (Wildman–Crippen MR) is 62.8 cm³/mol. The molecule has 15 heavy (non-hydrogen) atoms. The van der Waals surface area contributed by atoms with Gasteiger partial charge in [-0.25, -0.2) is 0 Å². The molecule has 2 saturated carbocycles. The lowest BCUT2D eigenvalue weighted by atomic mass is 9.91. The molecule has 0 aliphatic heterocycles. The number of nitrogens with one attached hydrogen (secondary N) is 1. The molecule has 0 saturated heterocycles. The maximum atomic E-state index is 8.99. The Balaban J connectivity index is 1.71. The summed E-state index contributed by atoms with van der Waals surface area (Å²) in [6.45, 7) is 6.23. The average Bonchev–Trinajstić information content (AvgIpc) is 2.83. The van der Waals surface area contributed by atoms with Gasteiger partial charge in [-0.3, -0.25) is 0 Å². The van der Waals surface area contributed by atoms with Crippen LogP contribution >= 0.6 is 0 Å². The van der Waals surface area contributed by atoms with Crippen LogP contribution in [0.1, 0.15) is 52.4 Å². The summed E-state index contributed by atoms with van der Waals surface area (Å²) >= 11 is 0. The molecule has 88 valence electrons. The first-order valence-electron chi connectivity index (χ1n) is 6.40. The summed E-state index contributed by atoms with van der Waals surface area (Å²) in [5.41, 5.74) is 1.02. The monoisotopic (exact) mass is 211 g/mol. The van der Waals surface area contributed by atoms with Crippen molar-refractivity contribution >= 4 is 0 Å². The first-order valence-corrected chi connectivity index (χ1v) is 6.40. The van der Waals surface area contributed by atoms with Crippen molar-refractivity contribution in [1.29, 1.82) is 0 Å². The molecular formula is C13H25NO. The maximum Gasteiger partial charge on any atom is 0.0436 e. The van der Waals surface area contributed by atoms with Crippen LogP contribution in [0.15, 0.2) is 0 Å². The van der Waals surface area contributed by atoms with Crippen LogP contribution < -0.4 is 5.32 Å². The zero-order valence-electron chi connectivity index (χ0n) is 10.2. The van der Waals surface area contributed by atoms with E-state index in [1.165, 1.54) is 32.1 Å². The molecule has 0 heterocycles. The molecule has 1 unspecified atom stereocenters. The topological polar surface area (TPSA) is 32.3 Å². The Labute approximate surface area is 93.5 Å². The first kappa shape index (κ1) is 11.4. The van der Waals surface area contributed by atoms with E-state index in [0.717, 1.165) is 19.0 Å². The molecule has 0 aromatic heterocycles. The molecule has 0 aromatic rings. The third kappa shape index (κ3) is 2.94. The van der Waals surface area contributed by atoms with Crippen molar-refractivity contribution in [1.82, 2.24) is 5.32 Å². The lowest BCUT2D eigenvalue weighted by Crippen LogP contribution is -2.33. The quantitative estimate of drug-likeness (QED) is 0.731. The normalized spacial score (nSPS) is 31.8. The van der Waals surface area contributed by atoms with Gasteiger partial charge in [-0.2, -0.15) is 0 Å². The van der Waals surface area contributed by atoms with Crippen molar-refractivity contribution in [3.05, 3.63) is 0 Å². The zero-order valence-corrected chi connectivity index (χ0v) is 10.2. The van der Waals surface area contributed by atoms with E-state index in [-0.39, 0.29) is 0 Å². The second-order valence-electron chi connectivity index (χ2n) is 6.46. The van der Waals surface area contributed by atoms with E-state index >= 15 is 0 Å². The summed E-state index contributed by atoms with van der Waals surface area (Å²) in [7, 11) is 0. The van der Waals surface area contributed by atoms with Crippen molar-refractivity contribution in [2.45, 2.75) is 58.4 Å². The molecule has 0 bridgehead atoms. The average molecular weight is 211 g/mol. The zero-order chi connectivity index (χ0) is 10.9. The van der Waals surface area contributed by atoms with Gasteiger partial charge in [0.25, 0.3) is 0 Å². The van der Waals surface area contributed by atoms with E-state index in [0.29, 0.717) is 17.4 Å². The highest BCUT2D eigenvalue weighted by Gasteiger charge is 2.42. The number of aliphatic hydroxyl groups excluding tert-OH is 1. The Morgan fingerprint density at radius 3 is 2.47 bits per heavy atom. The van der Waals surface area contributed by atoms with Crippen LogP contribution in [0.5, 0.6) is 0 Å². The van der Waals surface area contributed by atoms with Gasteiger partial charge in [-0.15, -0.1) is 0 Å². The summed E-state index contributed by atoms with van der Waals surface area (Å²) in [6, 6.07) is 0.733. The van der Waals surface area contributed by atoms with Crippen molar-refractivity contribution in [3.8, 4) is 0 Å². The van der Waals surface area contributed by atoms with Gasteiger partial charge in [0.05, 0.1) is 0 Å². The van der Waals surface area contributed by atoms with Crippen LogP contribution in [0.4, 0.5) is 0 Å². The highest BCUT2D eigenvalue weighted by atomic mass is 16.3. The van der Waals surface area contributed by atoms with Crippen molar-refractivity contribution < 1.29 is 5.11 Å². The fourth-order valence-corrected chi connectivity index (χ4v) is 2.90. The van der Waals surface area contributed by atoms with Crippen LogP contribution in [0.25, 0.3) is 0 Å². The molecule has 0 spiro atoms. The van der Waals surface area contributed by atoms with Gasteiger partial charge in [0, 0.05) is 19.2 Å². The molecule has 0 amide bonds. The Kier molecular flexibility index (Phi) is 3.09. The number of aliphatic hydroxyl groups is 1. The fraction of sp³-hybridized carbons (Fsp3) is 1.00. The molecule has 2 fully saturated rings. The highest BCUT2D eigenvalue weighted by molar-refractivity contribution is 4.96. The second kappa shape index (κ2) is 4.06. The largest absolute Gasteiger partial charge is 0.396 e. The van der Waals surface area contributed by atoms with Crippen LogP contribution in [0, 0.1) is 10.8 Å². The van der Waals surface area contributed by atoms with E-state index in [2.05, 4.69) is 19.2 Å². The van der Waals surface area contributed by atoms with Gasteiger partial charge in [0.1, 0.15) is 0 Å². The first-order chi connectivity index (χ1) is 7.05. The van der Waals surface area contributed by atoms with Gasteiger partial charge >= 0.3 is 0 Å². The van der Waals surface area contributed by atoms with E-state index in [1.54, 1.807) is 0 Å². The fourth-order valence-electron chi connectivity index (χ4n) is 2.90. The van der Waals surface area contributed by atoms with Gasteiger partial charge in [-0.1, -0.05) is 13.8 Å². The van der Waals surface area contributed by atoms with Crippen molar-refractivity contribution in [3.63, 3.8) is 0 Å². The summed E-state index contributed by atoms with van der Waals surface area (Å²) in [5.74, 6) is 0. The van der Waals surface area contributed by atoms with E-state index < -0.39 is 0 Å². The molecular weight excluding hydrogens is 186 g/mol. The minimum absolute atomic E-state index is 0.359. The summed E-state index contributed by atoms with van der Waals surface area (Å²) in [5, 5.41) is 12.7. The molecule has 0 radical (unpaired) electrons. The molecule has 0 aromatic carbocycles. The molecule has 1 atom stereocenters. The minimum Gasteiger partial charge on any atom is -0.396 e. The van der Waals surface area contributed by atoms with Crippen molar-refractivity contribution in [2.24, 2.45) is 10.8 Å². The molecule has 2 aliphatic carbocycles. The Bertz CT molecular complexity index is 221. The maximum absolute atomic E-state index is 8.99. The van der Waals surface area contributed by atoms with E-state index in [9.17, 15) is 0 Å². The van der Waals surface area contributed by atoms with Crippen molar-refractivity contribution in [2.75, 3.05) is 13.2 Å². The third-order valence-electron chi connectivity index (χ3n) is 4.33. The van der Waals surface area contributed by atoms with Gasteiger partial charge < -0.3 is 10.4 Å². The SMILES string of the molecule is CC1(C)CCC(NCC2(CCO)CC2)C1. The summed E-state index contributed by atoms with van der Waals surface area (Å²) < 4.78 is 0. The standard InChI is InChI=1S/C13H25NO/c1-12(2)4-3-11(9-12)14-10-13(5-6-13)7-8-15/h11,14-15H,3-10H2,1-2H3. The molecule has 2 aliphatic rings. The summed E-state index contributed by atoms with van der Waals surface area (Å²) in [4.78, 5) is 0. The van der Waals surface area contributed by atoms with Crippen LogP contribution in [0.3, 0.4) is 0 Å². The number of hydrogen-bond donors (Lipinski definition) is 2. The van der Waals surface area contributed by atoms with Gasteiger partial charge in [-0.05, 0) is 49.4 Å². The van der Waals surface area contributed by atoms with Gasteiger partial charge in [0.2, 0.25) is 0 Å². The molecule has 2 rings (SSSR count). The second-order valence-corrected chi connectivity index (χ2v) is 6.46. The molecule has 2 nitrogen and oxygen atoms in total. The lowest BCUT2D eigenvalue weighted by Gasteiger charge is -2.21. The van der Waals surface area contributed by atoms with Crippen LogP contribution in [-0.2, 0) is 0 Å². The summed E-state index contributed by atoms with van der Waals surface area (Å²) in [6.07, 6.45) is 7.64. The minimum atomic E-state index is 0.359. The number of rotatable bonds is 5. The smallest absolute Gasteiger partial charge is 0.0436 e. The van der Waals surface area contributed by atoms with Gasteiger partial charge in [0.15, 0.2) is 0 Å². The number of hydrogen-bond acceptors (Lipinski definition) is 2. The van der Waals surface area contributed by atoms with Crippen LogP contribution in [0.2, 0.25) is 0 Å². The van der Waals surface area contributed by atoms with Crippen LogP contribution in [-0.4, -0.2) is 24.3 Å². The Morgan fingerprint density at radius 2 is 2.00 bits per heavy atom. The predicted octanol–water partition coefficient (Wildman–Crippen LogP) is 2.32. The lowest BCUT2D eigenvalue weighted by molar-refractivity contribution is 0.241. The Hall–Kier alpha value is -0.0800. The third-order valence-corrected chi connectivity index (χ3v) is 4.33. The van der Waals surface area contributed by atoms with E-state index in [4.69, 9.17) is 5.11 Å². The van der Waals surface area contributed by atoms with E-state index in [1.807, 2.05) is 0 Å². The Morgan fingerprint density at radius 1 is 1.27 bits per heavy atom. The molecule has 2 heteroatoms. The highest BCUT2D eigenvalue weighted by Crippen LogP contribution is 2.48.